The Morgan fingerprint density at radius 2 is 2.00 bits per heavy atom. The molecule has 1 aromatic carbocycles. The highest BCUT2D eigenvalue weighted by Gasteiger charge is 2.26. The van der Waals surface area contributed by atoms with Gasteiger partial charge in [-0.3, -0.25) is 0 Å². The summed E-state index contributed by atoms with van der Waals surface area (Å²) in [6.45, 7) is 6.62. The van der Waals surface area contributed by atoms with E-state index < -0.39 is 0 Å². The van der Waals surface area contributed by atoms with Crippen LogP contribution in [0.5, 0.6) is 11.5 Å². The van der Waals surface area contributed by atoms with Crippen molar-refractivity contribution in [2.45, 2.75) is 70.8 Å². The number of hydrogen-bond donors (Lipinski definition) is 4. The van der Waals surface area contributed by atoms with Gasteiger partial charge in [0.15, 0.2) is 11.5 Å². The van der Waals surface area contributed by atoms with Crippen LogP contribution in [0.25, 0.3) is 0 Å². The predicted octanol–water partition coefficient (Wildman–Crippen LogP) is 3.78. The highest BCUT2D eigenvalue weighted by atomic mass is 16.3. The molecule has 3 rings (SSSR count). The molecule has 1 aromatic heterocycles. The van der Waals surface area contributed by atoms with Crippen LogP contribution in [0.3, 0.4) is 0 Å². The minimum Gasteiger partial charge on any atom is -0.504 e. The van der Waals surface area contributed by atoms with E-state index in [0.717, 1.165) is 63.1 Å². The molecule has 0 spiro atoms. The Morgan fingerprint density at radius 1 is 1.13 bits per heavy atom. The maximum absolute atomic E-state index is 10.1. The zero-order valence-electron chi connectivity index (χ0n) is 18.4. The van der Waals surface area contributed by atoms with Crippen molar-refractivity contribution in [3.63, 3.8) is 0 Å². The Morgan fingerprint density at radius 3 is 2.80 bits per heavy atom. The molecule has 0 unspecified atom stereocenters. The van der Waals surface area contributed by atoms with Crippen LogP contribution in [-0.4, -0.2) is 57.3 Å². The molecule has 30 heavy (non-hydrogen) atoms. The maximum Gasteiger partial charge on any atom is 0.160 e. The summed E-state index contributed by atoms with van der Waals surface area (Å²) in [4.78, 5) is 9.88. The van der Waals surface area contributed by atoms with Crippen LogP contribution < -0.4 is 5.32 Å². The molecule has 1 aliphatic rings. The number of imidazole rings is 1. The van der Waals surface area contributed by atoms with Gasteiger partial charge in [-0.2, -0.15) is 0 Å². The second-order valence-corrected chi connectivity index (χ2v) is 8.48. The van der Waals surface area contributed by atoms with Gasteiger partial charge >= 0.3 is 0 Å². The Hall–Kier alpha value is -2.05. The molecule has 0 fully saturated rings. The van der Waals surface area contributed by atoms with Crippen molar-refractivity contribution >= 4 is 0 Å². The normalized spacial score (nSPS) is 16.1. The fourth-order valence-electron chi connectivity index (χ4n) is 4.57. The minimum absolute atomic E-state index is 0.00763. The lowest BCUT2D eigenvalue weighted by Gasteiger charge is -2.35. The molecule has 0 saturated heterocycles. The fourth-order valence-corrected chi connectivity index (χ4v) is 4.57. The quantitative estimate of drug-likeness (QED) is 0.296. The first kappa shape index (κ1) is 22.6. The average Bonchev–Trinajstić information content (AvgIpc) is 3.28. The van der Waals surface area contributed by atoms with E-state index in [1.165, 1.54) is 37.7 Å². The highest BCUT2D eigenvalue weighted by molar-refractivity contribution is 5.50. The second-order valence-electron chi connectivity index (χ2n) is 8.48. The van der Waals surface area contributed by atoms with Crippen molar-refractivity contribution in [2.75, 3.05) is 26.2 Å². The highest BCUT2D eigenvalue weighted by Crippen LogP contribution is 2.36. The van der Waals surface area contributed by atoms with Crippen molar-refractivity contribution in [2.24, 2.45) is 0 Å². The van der Waals surface area contributed by atoms with Gasteiger partial charge in [0.05, 0.1) is 12.0 Å². The van der Waals surface area contributed by atoms with E-state index in [9.17, 15) is 10.2 Å². The Labute approximate surface area is 180 Å². The van der Waals surface area contributed by atoms with Crippen molar-refractivity contribution in [1.29, 1.82) is 0 Å². The first-order chi connectivity index (χ1) is 14.7. The molecule has 0 amide bonds. The van der Waals surface area contributed by atoms with Crippen molar-refractivity contribution in [3.8, 4) is 11.5 Å². The summed E-state index contributed by atoms with van der Waals surface area (Å²) in [6, 6.07) is 4.16. The number of hydrogen-bond acceptors (Lipinski definition) is 5. The molecule has 1 aliphatic carbocycles. The number of unbranched alkanes of at least 4 members (excludes halogenated alkanes) is 3. The molecule has 166 valence electrons. The molecule has 4 N–H and O–H groups in total. The lowest BCUT2D eigenvalue weighted by molar-refractivity contribution is 0.175. The summed E-state index contributed by atoms with van der Waals surface area (Å²) in [7, 11) is 0. The van der Waals surface area contributed by atoms with Gasteiger partial charge in [0.25, 0.3) is 0 Å². The van der Waals surface area contributed by atoms with E-state index in [1.54, 1.807) is 12.4 Å². The van der Waals surface area contributed by atoms with Gasteiger partial charge in [0.2, 0.25) is 0 Å². The fraction of sp³-hybridized carbons (Fsp3) is 0.625. The number of phenolic OH excluding ortho intramolecular Hbond substituents is 2. The number of aromatic nitrogens is 2. The molecular weight excluding hydrogens is 376 g/mol. The zero-order valence-corrected chi connectivity index (χ0v) is 18.4. The molecular formula is C24H38N4O2. The van der Waals surface area contributed by atoms with Gasteiger partial charge in [-0.1, -0.05) is 25.8 Å². The van der Waals surface area contributed by atoms with Crippen molar-refractivity contribution < 1.29 is 10.2 Å². The first-order valence-corrected chi connectivity index (χ1v) is 11.6. The van der Waals surface area contributed by atoms with E-state index in [2.05, 4.69) is 27.1 Å². The van der Waals surface area contributed by atoms with Crippen LogP contribution in [0.1, 0.15) is 62.3 Å². The maximum atomic E-state index is 10.1. The molecule has 2 aromatic rings. The number of nitrogens with one attached hydrogen (secondary N) is 2. The Balaban J connectivity index is 1.32. The summed E-state index contributed by atoms with van der Waals surface area (Å²) in [5, 5.41) is 23.4. The number of phenols is 2. The minimum atomic E-state index is 0.00763. The summed E-state index contributed by atoms with van der Waals surface area (Å²) < 4.78 is 0. The average molecular weight is 415 g/mol. The van der Waals surface area contributed by atoms with E-state index >= 15 is 0 Å². The molecule has 1 heterocycles. The Bertz CT molecular complexity index is 748. The molecule has 6 heteroatoms. The topological polar surface area (TPSA) is 84.4 Å². The molecule has 0 radical (unpaired) electrons. The number of H-pyrrole nitrogens is 1. The van der Waals surface area contributed by atoms with E-state index in [0.29, 0.717) is 6.04 Å². The predicted molar refractivity (Wildman–Crippen MR) is 121 cm³/mol. The number of aromatic amines is 1. The Kier molecular flexibility index (Phi) is 9.02. The van der Waals surface area contributed by atoms with E-state index in [1.807, 2.05) is 12.3 Å². The van der Waals surface area contributed by atoms with Crippen LogP contribution in [-0.2, 0) is 19.3 Å². The van der Waals surface area contributed by atoms with Crippen LogP contribution in [0.4, 0.5) is 0 Å². The van der Waals surface area contributed by atoms with Crippen LogP contribution in [0.2, 0.25) is 0 Å². The van der Waals surface area contributed by atoms with Crippen LogP contribution in [0.15, 0.2) is 24.7 Å². The van der Waals surface area contributed by atoms with Crippen molar-refractivity contribution in [1.82, 2.24) is 20.2 Å². The summed E-state index contributed by atoms with van der Waals surface area (Å²) >= 11 is 0. The standard InChI is InChI=1S/C24H38N4O2/c1-2-14-28(21-8-9-22-19(16-21)7-10-23(29)24(22)30)15-6-4-3-5-12-25-13-11-20-17-26-18-27-20/h7,10,17-18,21,25,29-30H,2-6,8-9,11-16H2,1H3,(H,26,27)/t21-/m0/s1. The van der Waals surface area contributed by atoms with Gasteiger partial charge in [0.1, 0.15) is 0 Å². The van der Waals surface area contributed by atoms with Gasteiger partial charge < -0.3 is 25.4 Å². The SMILES string of the molecule is CCCN(CCCCCCNCCc1c[nH]cn1)[C@H]1CCc2c(ccc(O)c2O)C1. The summed E-state index contributed by atoms with van der Waals surface area (Å²) in [5.41, 5.74) is 3.27. The largest absolute Gasteiger partial charge is 0.504 e. The molecule has 1 atom stereocenters. The zero-order chi connectivity index (χ0) is 21.2. The monoisotopic (exact) mass is 414 g/mol. The van der Waals surface area contributed by atoms with Crippen LogP contribution >= 0.6 is 0 Å². The third-order valence-corrected chi connectivity index (χ3v) is 6.23. The second kappa shape index (κ2) is 12.0. The van der Waals surface area contributed by atoms with Gasteiger partial charge in [-0.05, 0) is 69.8 Å². The van der Waals surface area contributed by atoms with E-state index in [4.69, 9.17) is 0 Å². The molecule has 0 aliphatic heterocycles. The number of nitrogens with zero attached hydrogens (tertiary/aromatic N) is 2. The first-order valence-electron chi connectivity index (χ1n) is 11.6. The van der Waals surface area contributed by atoms with Gasteiger partial charge in [0, 0.05) is 30.8 Å². The third-order valence-electron chi connectivity index (χ3n) is 6.23. The number of benzene rings is 1. The molecule has 0 saturated carbocycles. The number of rotatable bonds is 13. The summed E-state index contributed by atoms with van der Waals surface area (Å²) in [6.07, 6.45) is 13.8. The number of fused-ring (bicyclic) bond motifs is 1. The summed E-state index contributed by atoms with van der Waals surface area (Å²) in [5.74, 6) is 0.0965. The smallest absolute Gasteiger partial charge is 0.160 e. The van der Waals surface area contributed by atoms with Gasteiger partial charge in [-0.25, -0.2) is 4.98 Å². The lowest BCUT2D eigenvalue weighted by Crippen LogP contribution is -2.40. The number of aromatic hydroxyl groups is 2. The lowest BCUT2D eigenvalue weighted by atomic mass is 9.86. The van der Waals surface area contributed by atoms with E-state index in [-0.39, 0.29) is 11.5 Å². The van der Waals surface area contributed by atoms with Gasteiger partial charge in [-0.15, -0.1) is 0 Å². The third kappa shape index (κ3) is 6.47. The van der Waals surface area contributed by atoms with Crippen LogP contribution in [0, 0.1) is 0 Å². The van der Waals surface area contributed by atoms with Crippen molar-refractivity contribution in [3.05, 3.63) is 41.5 Å². The molecule has 6 nitrogen and oxygen atoms in total. The molecule has 0 bridgehead atoms.